The van der Waals surface area contributed by atoms with Crippen molar-refractivity contribution < 1.29 is 14.6 Å². The van der Waals surface area contributed by atoms with E-state index < -0.39 is 6.10 Å². The molecule has 96 valence electrons. The van der Waals surface area contributed by atoms with Gasteiger partial charge in [0.25, 0.3) is 0 Å². The molecule has 2 saturated carbocycles. The zero-order valence-corrected chi connectivity index (χ0v) is 10.4. The molecular formula is C15H18O3. The molecule has 3 fully saturated rings. The predicted molar refractivity (Wildman–Crippen MR) is 67.6 cm³/mol. The van der Waals surface area contributed by atoms with E-state index in [9.17, 15) is 9.90 Å². The summed E-state index contributed by atoms with van der Waals surface area (Å²) < 4.78 is 5.49. The fourth-order valence-corrected chi connectivity index (χ4v) is 3.72. The van der Waals surface area contributed by atoms with E-state index >= 15 is 0 Å². The molecular weight excluding hydrogens is 228 g/mol. The lowest BCUT2D eigenvalue weighted by Crippen LogP contribution is -2.28. The smallest absolute Gasteiger partial charge is 0.334 e. The molecule has 0 aromatic heterocycles. The molecule has 3 rings (SSSR count). The van der Waals surface area contributed by atoms with E-state index in [2.05, 4.69) is 19.7 Å². The van der Waals surface area contributed by atoms with Gasteiger partial charge in [0.05, 0.1) is 6.10 Å². The van der Waals surface area contributed by atoms with Crippen molar-refractivity contribution in [1.29, 1.82) is 0 Å². The van der Waals surface area contributed by atoms with Crippen LogP contribution in [0.25, 0.3) is 0 Å². The summed E-state index contributed by atoms with van der Waals surface area (Å²) in [5.74, 6) is -0.0960. The molecule has 3 heteroatoms. The van der Waals surface area contributed by atoms with E-state index in [4.69, 9.17) is 4.74 Å². The Kier molecular flexibility index (Phi) is 2.49. The lowest BCUT2D eigenvalue weighted by Gasteiger charge is -2.26. The number of hydrogen-bond donors (Lipinski definition) is 1. The van der Waals surface area contributed by atoms with Crippen molar-refractivity contribution in [2.45, 2.75) is 31.5 Å². The van der Waals surface area contributed by atoms with Crippen molar-refractivity contribution in [3.63, 3.8) is 0 Å². The highest BCUT2D eigenvalue weighted by molar-refractivity contribution is 5.91. The maximum atomic E-state index is 11.7. The summed E-state index contributed by atoms with van der Waals surface area (Å²) in [6, 6.07) is 0. The highest BCUT2D eigenvalue weighted by Gasteiger charge is 2.52. The summed E-state index contributed by atoms with van der Waals surface area (Å²) in [4.78, 5) is 11.7. The maximum absolute atomic E-state index is 11.7. The first-order valence-electron chi connectivity index (χ1n) is 6.45. The summed E-state index contributed by atoms with van der Waals surface area (Å²) in [5, 5.41) is 10.2. The van der Waals surface area contributed by atoms with Crippen LogP contribution >= 0.6 is 0 Å². The van der Waals surface area contributed by atoms with E-state index in [1.165, 1.54) is 0 Å². The Bertz CT molecular complexity index is 462. The number of esters is 1. The quantitative estimate of drug-likeness (QED) is 0.404. The molecule has 0 radical (unpaired) electrons. The molecule has 1 saturated heterocycles. The summed E-state index contributed by atoms with van der Waals surface area (Å²) >= 11 is 0. The van der Waals surface area contributed by atoms with Crippen LogP contribution in [-0.2, 0) is 9.53 Å². The molecule has 1 N–H and O–H groups in total. The van der Waals surface area contributed by atoms with Crippen LogP contribution in [0.3, 0.4) is 0 Å². The third-order valence-corrected chi connectivity index (χ3v) is 4.77. The standard InChI is InChI=1S/C15H18O3/c1-7-4-5-10-8(2)12(16)6-11-9(3)15(17)18-14(11)13(7)10/h10-14,16H,1-6H2/t10?,11-,12-,13-,14-/m0/s1. The molecule has 1 unspecified atom stereocenters. The van der Waals surface area contributed by atoms with Gasteiger partial charge in [-0.15, -0.1) is 0 Å². The van der Waals surface area contributed by atoms with Gasteiger partial charge in [0.1, 0.15) is 6.10 Å². The minimum atomic E-state index is -0.565. The Balaban J connectivity index is 2.04. The molecule has 0 aromatic rings. The maximum Gasteiger partial charge on any atom is 0.334 e. The molecule has 3 aliphatic rings. The number of aliphatic hydroxyl groups excluding tert-OH is 1. The first-order valence-corrected chi connectivity index (χ1v) is 6.45. The third-order valence-electron chi connectivity index (χ3n) is 4.77. The summed E-state index contributed by atoms with van der Waals surface area (Å²) in [6.45, 7) is 12.0. The Morgan fingerprint density at radius 3 is 2.67 bits per heavy atom. The van der Waals surface area contributed by atoms with Gasteiger partial charge in [-0.1, -0.05) is 25.3 Å². The molecule has 0 spiro atoms. The zero-order chi connectivity index (χ0) is 13.0. The van der Waals surface area contributed by atoms with Gasteiger partial charge in [-0.3, -0.25) is 0 Å². The van der Waals surface area contributed by atoms with E-state index in [0.29, 0.717) is 12.0 Å². The van der Waals surface area contributed by atoms with Crippen LogP contribution in [0.2, 0.25) is 0 Å². The molecule has 18 heavy (non-hydrogen) atoms. The van der Waals surface area contributed by atoms with Gasteiger partial charge in [0, 0.05) is 17.4 Å². The van der Waals surface area contributed by atoms with E-state index in [1.54, 1.807) is 0 Å². The van der Waals surface area contributed by atoms with Crippen LogP contribution in [0.1, 0.15) is 19.3 Å². The highest BCUT2D eigenvalue weighted by atomic mass is 16.6. The van der Waals surface area contributed by atoms with Crippen molar-refractivity contribution in [2.24, 2.45) is 17.8 Å². The van der Waals surface area contributed by atoms with Gasteiger partial charge in [0.2, 0.25) is 0 Å². The molecule has 1 aliphatic heterocycles. The number of carbonyl (C=O) groups excluding carboxylic acids is 1. The Labute approximate surface area is 107 Å². The molecule has 0 aromatic carbocycles. The van der Waals surface area contributed by atoms with Crippen LogP contribution in [0.5, 0.6) is 0 Å². The Morgan fingerprint density at radius 1 is 1.22 bits per heavy atom. The first-order chi connectivity index (χ1) is 8.50. The first kappa shape index (κ1) is 11.7. The zero-order valence-electron chi connectivity index (χ0n) is 10.4. The van der Waals surface area contributed by atoms with E-state index in [1.807, 2.05) is 0 Å². The normalized spacial score (nSPS) is 43.5. The second kappa shape index (κ2) is 3.82. The number of aliphatic hydroxyl groups is 1. The third kappa shape index (κ3) is 1.43. The molecule has 5 atom stereocenters. The van der Waals surface area contributed by atoms with Crippen molar-refractivity contribution in [1.82, 2.24) is 0 Å². The number of hydrogen-bond acceptors (Lipinski definition) is 3. The van der Waals surface area contributed by atoms with E-state index in [0.717, 1.165) is 24.0 Å². The number of carbonyl (C=O) groups is 1. The second-order valence-corrected chi connectivity index (χ2v) is 5.66. The van der Waals surface area contributed by atoms with Crippen molar-refractivity contribution >= 4 is 5.97 Å². The average Bonchev–Trinajstić information content (AvgIpc) is 2.80. The van der Waals surface area contributed by atoms with Gasteiger partial charge in [-0.05, 0) is 30.8 Å². The number of ether oxygens (including phenoxy) is 1. The highest BCUT2D eigenvalue weighted by Crippen LogP contribution is 2.51. The fourth-order valence-electron chi connectivity index (χ4n) is 3.72. The van der Waals surface area contributed by atoms with Gasteiger partial charge in [-0.2, -0.15) is 0 Å². The van der Waals surface area contributed by atoms with Gasteiger partial charge >= 0.3 is 5.97 Å². The Morgan fingerprint density at radius 2 is 1.94 bits per heavy atom. The molecule has 0 amide bonds. The number of rotatable bonds is 0. The van der Waals surface area contributed by atoms with Gasteiger partial charge < -0.3 is 9.84 Å². The minimum Gasteiger partial charge on any atom is -0.458 e. The predicted octanol–water partition coefficient (Wildman–Crippen LogP) is 1.99. The second-order valence-electron chi connectivity index (χ2n) is 5.66. The van der Waals surface area contributed by atoms with Gasteiger partial charge in [0.15, 0.2) is 0 Å². The fraction of sp³-hybridized carbons (Fsp3) is 0.533. The molecule has 3 nitrogen and oxygen atoms in total. The Hall–Kier alpha value is -1.35. The van der Waals surface area contributed by atoms with Crippen LogP contribution < -0.4 is 0 Å². The minimum absolute atomic E-state index is 0.0888. The van der Waals surface area contributed by atoms with Crippen molar-refractivity contribution in [2.75, 3.05) is 0 Å². The van der Waals surface area contributed by atoms with E-state index in [-0.39, 0.29) is 29.8 Å². The molecule has 0 bridgehead atoms. The van der Waals surface area contributed by atoms with Crippen LogP contribution in [-0.4, -0.2) is 23.3 Å². The monoisotopic (exact) mass is 246 g/mol. The van der Waals surface area contributed by atoms with Crippen LogP contribution in [0.4, 0.5) is 0 Å². The summed E-state index contributed by atoms with van der Waals surface area (Å²) in [5.41, 5.74) is 2.48. The average molecular weight is 246 g/mol. The van der Waals surface area contributed by atoms with Crippen LogP contribution in [0, 0.1) is 17.8 Å². The summed E-state index contributed by atoms with van der Waals surface area (Å²) in [6.07, 6.45) is 1.61. The lowest BCUT2D eigenvalue weighted by molar-refractivity contribution is -0.141. The largest absolute Gasteiger partial charge is 0.458 e. The topological polar surface area (TPSA) is 46.5 Å². The molecule has 1 heterocycles. The SMILES string of the molecule is C=C1C2CCC(=C)[C@@H]2[C@H]2OC(=O)C(=C)[C@@H]2C[C@@H]1O. The van der Waals surface area contributed by atoms with Gasteiger partial charge in [-0.25, -0.2) is 4.79 Å². The summed E-state index contributed by atoms with van der Waals surface area (Å²) in [7, 11) is 0. The van der Waals surface area contributed by atoms with Crippen molar-refractivity contribution in [3.8, 4) is 0 Å². The number of fused-ring (bicyclic) bond motifs is 3. The lowest BCUT2D eigenvalue weighted by atomic mass is 9.82. The van der Waals surface area contributed by atoms with Crippen LogP contribution in [0.15, 0.2) is 36.5 Å². The molecule has 2 aliphatic carbocycles. The van der Waals surface area contributed by atoms with Crippen molar-refractivity contribution in [3.05, 3.63) is 36.5 Å².